The molecule has 2 aliphatic carbocycles. The van der Waals surface area contributed by atoms with Gasteiger partial charge in [-0.25, -0.2) is 4.79 Å². The van der Waals surface area contributed by atoms with Gasteiger partial charge in [-0.1, -0.05) is 13.3 Å². The van der Waals surface area contributed by atoms with E-state index in [1.807, 2.05) is 6.92 Å². The molecule has 6 nitrogen and oxygen atoms in total. The van der Waals surface area contributed by atoms with Crippen LogP contribution in [0.15, 0.2) is 0 Å². The Bertz CT molecular complexity index is 551. The number of ether oxygens (including phenoxy) is 3. The second-order valence-corrected chi connectivity index (χ2v) is 8.72. The summed E-state index contributed by atoms with van der Waals surface area (Å²) in [5.41, 5.74) is -1.90. The first-order chi connectivity index (χ1) is 12.1. The van der Waals surface area contributed by atoms with E-state index in [0.29, 0.717) is 18.3 Å². The number of carbonyl (C=O) groups excluding carboxylic acids is 3. The molecule has 0 aromatic rings. The van der Waals surface area contributed by atoms with Crippen LogP contribution in [0.4, 0.5) is 0 Å². The monoisotopic (exact) mass is 368 g/mol. The summed E-state index contributed by atoms with van der Waals surface area (Å²) < 4.78 is 15.7. The van der Waals surface area contributed by atoms with E-state index >= 15 is 0 Å². The van der Waals surface area contributed by atoms with Gasteiger partial charge in [0, 0.05) is 0 Å². The minimum absolute atomic E-state index is 0.00952. The van der Waals surface area contributed by atoms with E-state index in [-0.39, 0.29) is 31.1 Å². The van der Waals surface area contributed by atoms with Crippen molar-refractivity contribution in [1.29, 1.82) is 0 Å². The van der Waals surface area contributed by atoms with Crippen LogP contribution >= 0.6 is 0 Å². The lowest BCUT2D eigenvalue weighted by Gasteiger charge is -2.27. The summed E-state index contributed by atoms with van der Waals surface area (Å²) in [4.78, 5) is 36.5. The molecule has 2 bridgehead atoms. The van der Waals surface area contributed by atoms with Crippen molar-refractivity contribution < 1.29 is 28.6 Å². The highest BCUT2D eigenvalue weighted by Crippen LogP contribution is 2.49. The van der Waals surface area contributed by atoms with Gasteiger partial charge in [0.15, 0.2) is 0 Å². The molecule has 3 atom stereocenters. The van der Waals surface area contributed by atoms with Crippen LogP contribution < -0.4 is 0 Å². The minimum atomic E-state index is -1.34. The van der Waals surface area contributed by atoms with Crippen molar-refractivity contribution in [3.63, 3.8) is 0 Å². The summed E-state index contributed by atoms with van der Waals surface area (Å²) in [6, 6.07) is 0. The SMILES string of the molecule is CCC(C)(C)C(=O)OCCOC(=O)C(C)(C)OC(=O)C1CC2CCC1C2. The zero-order valence-electron chi connectivity index (χ0n) is 16.6. The quantitative estimate of drug-likeness (QED) is 0.372. The van der Waals surface area contributed by atoms with Crippen LogP contribution in [-0.2, 0) is 28.6 Å². The molecule has 0 amide bonds. The summed E-state index contributed by atoms with van der Waals surface area (Å²) in [7, 11) is 0. The maximum atomic E-state index is 12.4. The van der Waals surface area contributed by atoms with E-state index in [1.165, 1.54) is 20.3 Å². The van der Waals surface area contributed by atoms with Gasteiger partial charge in [0.25, 0.3) is 0 Å². The highest BCUT2D eigenvalue weighted by atomic mass is 16.6. The molecule has 2 fully saturated rings. The van der Waals surface area contributed by atoms with Crippen molar-refractivity contribution in [1.82, 2.24) is 0 Å². The Morgan fingerprint density at radius 1 is 0.923 bits per heavy atom. The second kappa shape index (κ2) is 7.97. The Hall–Kier alpha value is -1.59. The lowest BCUT2D eigenvalue weighted by Crippen LogP contribution is -2.41. The zero-order valence-corrected chi connectivity index (χ0v) is 16.6. The smallest absolute Gasteiger partial charge is 0.350 e. The first kappa shape index (κ1) is 20.7. The molecule has 0 aromatic heterocycles. The molecule has 2 rings (SSSR count). The van der Waals surface area contributed by atoms with Crippen molar-refractivity contribution in [3.8, 4) is 0 Å². The molecule has 0 spiro atoms. The third-order valence-corrected chi connectivity index (χ3v) is 5.87. The van der Waals surface area contributed by atoms with Crippen LogP contribution in [0.1, 0.15) is 66.7 Å². The van der Waals surface area contributed by atoms with Gasteiger partial charge >= 0.3 is 17.9 Å². The van der Waals surface area contributed by atoms with Crippen LogP contribution in [0.3, 0.4) is 0 Å². The molecule has 6 heteroatoms. The molecule has 0 aromatic carbocycles. The standard InChI is InChI=1S/C20H32O6/c1-6-19(2,3)17(22)24-9-10-25-18(23)20(4,5)26-16(21)15-12-13-7-8-14(15)11-13/h13-15H,6-12H2,1-5H3. The number of carbonyl (C=O) groups is 3. The predicted molar refractivity (Wildman–Crippen MR) is 95.1 cm³/mol. The minimum Gasteiger partial charge on any atom is -0.462 e. The number of fused-ring (bicyclic) bond motifs is 2. The van der Waals surface area contributed by atoms with E-state index in [9.17, 15) is 14.4 Å². The molecule has 0 aliphatic heterocycles. The third kappa shape index (κ3) is 4.77. The fourth-order valence-electron chi connectivity index (χ4n) is 3.68. The van der Waals surface area contributed by atoms with Gasteiger partial charge in [0.2, 0.25) is 5.60 Å². The summed E-state index contributed by atoms with van der Waals surface area (Å²) in [5, 5.41) is 0. The van der Waals surface area contributed by atoms with Crippen molar-refractivity contribution in [2.24, 2.45) is 23.2 Å². The molecule has 0 N–H and O–H groups in total. The fourth-order valence-corrected chi connectivity index (χ4v) is 3.68. The lowest BCUT2D eigenvalue weighted by molar-refractivity contribution is -0.183. The van der Waals surface area contributed by atoms with Gasteiger partial charge < -0.3 is 14.2 Å². The molecule has 0 saturated heterocycles. The molecule has 3 unspecified atom stereocenters. The normalized spacial score (nSPS) is 25.0. The lowest BCUT2D eigenvalue weighted by atomic mass is 9.89. The summed E-state index contributed by atoms with van der Waals surface area (Å²) in [5.74, 6) is -0.290. The molecule has 0 radical (unpaired) electrons. The van der Waals surface area contributed by atoms with Gasteiger partial charge in [-0.05, 0) is 65.2 Å². The number of hydrogen-bond donors (Lipinski definition) is 0. The number of esters is 3. The van der Waals surface area contributed by atoms with Gasteiger partial charge in [-0.2, -0.15) is 0 Å². The van der Waals surface area contributed by atoms with E-state index in [1.54, 1.807) is 13.8 Å². The predicted octanol–water partition coefficient (Wildman–Crippen LogP) is 3.27. The second-order valence-electron chi connectivity index (χ2n) is 8.72. The van der Waals surface area contributed by atoms with Crippen LogP contribution in [-0.4, -0.2) is 36.7 Å². The van der Waals surface area contributed by atoms with Crippen LogP contribution in [0.5, 0.6) is 0 Å². The van der Waals surface area contributed by atoms with Gasteiger partial charge in [0.1, 0.15) is 13.2 Å². The Labute approximate surface area is 155 Å². The molecular weight excluding hydrogens is 336 g/mol. The van der Waals surface area contributed by atoms with E-state index in [4.69, 9.17) is 14.2 Å². The molecule has 26 heavy (non-hydrogen) atoms. The Balaban J connectivity index is 1.73. The Morgan fingerprint density at radius 2 is 1.54 bits per heavy atom. The van der Waals surface area contributed by atoms with E-state index in [2.05, 4.69) is 0 Å². The third-order valence-electron chi connectivity index (χ3n) is 5.87. The molecule has 148 valence electrons. The van der Waals surface area contributed by atoms with Crippen LogP contribution in [0.25, 0.3) is 0 Å². The van der Waals surface area contributed by atoms with E-state index in [0.717, 1.165) is 19.3 Å². The first-order valence-electron chi connectivity index (χ1n) is 9.64. The molecule has 2 saturated carbocycles. The molecule has 2 aliphatic rings. The highest BCUT2D eigenvalue weighted by molar-refractivity contribution is 5.83. The van der Waals surface area contributed by atoms with Crippen molar-refractivity contribution in [2.45, 2.75) is 72.3 Å². The Kier molecular flexibility index (Phi) is 6.35. The van der Waals surface area contributed by atoms with Crippen LogP contribution in [0, 0.1) is 23.2 Å². The first-order valence-corrected chi connectivity index (χ1v) is 9.64. The van der Waals surface area contributed by atoms with Crippen LogP contribution in [0.2, 0.25) is 0 Å². The molecular formula is C20H32O6. The topological polar surface area (TPSA) is 78.9 Å². The van der Waals surface area contributed by atoms with Crippen molar-refractivity contribution in [2.75, 3.05) is 13.2 Å². The zero-order chi connectivity index (χ0) is 19.5. The summed E-state index contributed by atoms with van der Waals surface area (Å²) >= 11 is 0. The van der Waals surface area contributed by atoms with Gasteiger partial charge in [-0.15, -0.1) is 0 Å². The number of hydrogen-bond acceptors (Lipinski definition) is 6. The number of rotatable bonds is 8. The maximum Gasteiger partial charge on any atom is 0.350 e. The average molecular weight is 368 g/mol. The fraction of sp³-hybridized carbons (Fsp3) is 0.850. The Morgan fingerprint density at radius 3 is 2.04 bits per heavy atom. The average Bonchev–Trinajstić information content (AvgIpc) is 3.20. The van der Waals surface area contributed by atoms with E-state index < -0.39 is 17.0 Å². The largest absolute Gasteiger partial charge is 0.462 e. The summed E-state index contributed by atoms with van der Waals surface area (Å²) in [6.45, 7) is 8.52. The summed E-state index contributed by atoms with van der Waals surface area (Å²) in [6.07, 6.45) is 4.92. The highest BCUT2D eigenvalue weighted by Gasteiger charge is 2.46. The van der Waals surface area contributed by atoms with Gasteiger partial charge in [0.05, 0.1) is 11.3 Å². The maximum absolute atomic E-state index is 12.4. The molecule has 0 heterocycles. The van der Waals surface area contributed by atoms with Gasteiger partial charge in [-0.3, -0.25) is 9.59 Å². The van der Waals surface area contributed by atoms with Crippen molar-refractivity contribution >= 4 is 17.9 Å². The van der Waals surface area contributed by atoms with Crippen molar-refractivity contribution in [3.05, 3.63) is 0 Å².